The highest BCUT2D eigenvalue weighted by Crippen LogP contribution is 2.09. The first kappa shape index (κ1) is 15.1. The van der Waals surface area contributed by atoms with Crippen molar-refractivity contribution in [3.05, 3.63) is 72.1 Å². The monoisotopic (exact) mass is 308 g/mol. The molecule has 0 bridgehead atoms. The van der Waals surface area contributed by atoms with E-state index in [1.807, 2.05) is 42.6 Å². The summed E-state index contributed by atoms with van der Waals surface area (Å²) in [6.07, 6.45) is 5.57. The number of amides is 2. The number of urea groups is 1. The number of aryl methyl sites for hydroxylation is 1. The Balaban J connectivity index is 1.40. The van der Waals surface area contributed by atoms with Crippen molar-refractivity contribution < 1.29 is 4.79 Å². The van der Waals surface area contributed by atoms with Crippen LogP contribution in [0.1, 0.15) is 17.5 Å². The second kappa shape index (κ2) is 7.45. The van der Waals surface area contributed by atoms with Crippen molar-refractivity contribution in [2.45, 2.75) is 19.4 Å². The van der Waals surface area contributed by atoms with Gasteiger partial charge in [0.25, 0.3) is 0 Å². The minimum Gasteiger partial charge on any atom is -0.338 e. The van der Waals surface area contributed by atoms with Crippen molar-refractivity contribution >= 4 is 11.5 Å². The second-order valence-corrected chi connectivity index (χ2v) is 5.40. The number of nitrogens with zero attached hydrogens (tertiary/aromatic N) is 2. The third-order valence-corrected chi connectivity index (χ3v) is 3.72. The minimum atomic E-state index is -0.145. The lowest BCUT2D eigenvalue weighted by molar-refractivity contribution is 0.240. The summed E-state index contributed by atoms with van der Waals surface area (Å²) < 4.78 is 1.80. The molecule has 0 aliphatic rings. The van der Waals surface area contributed by atoms with Crippen LogP contribution in [-0.4, -0.2) is 22.2 Å². The van der Waals surface area contributed by atoms with Crippen molar-refractivity contribution in [3.8, 4) is 0 Å². The predicted octanol–water partition coefficient (Wildman–Crippen LogP) is 2.77. The van der Waals surface area contributed by atoms with E-state index in [0.29, 0.717) is 13.1 Å². The number of carbonyl (C=O) groups excluding carboxylic acids is 1. The zero-order chi connectivity index (χ0) is 15.9. The topological polar surface area (TPSA) is 58.4 Å². The predicted molar refractivity (Wildman–Crippen MR) is 90.2 cm³/mol. The van der Waals surface area contributed by atoms with Gasteiger partial charge in [-0.3, -0.25) is 0 Å². The van der Waals surface area contributed by atoms with Crippen molar-refractivity contribution in [1.82, 2.24) is 20.2 Å². The number of fused-ring (bicyclic) bond motifs is 1. The number of carbonyl (C=O) groups is 1. The summed E-state index contributed by atoms with van der Waals surface area (Å²) in [6, 6.07) is 16.0. The Morgan fingerprint density at radius 3 is 2.74 bits per heavy atom. The highest BCUT2D eigenvalue weighted by molar-refractivity contribution is 5.74. The molecule has 23 heavy (non-hydrogen) atoms. The lowest BCUT2D eigenvalue weighted by Crippen LogP contribution is -2.35. The molecule has 2 amide bonds. The maximum Gasteiger partial charge on any atom is 0.315 e. The SMILES string of the molecule is O=C(NCCCc1ccccc1)NCc1cnn2ccccc12. The number of hydrogen-bond donors (Lipinski definition) is 2. The Morgan fingerprint density at radius 2 is 1.87 bits per heavy atom. The van der Waals surface area contributed by atoms with Gasteiger partial charge in [0.05, 0.1) is 11.7 Å². The van der Waals surface area contributed by atoms with E-state index in [4.69, 9.17) is 0 Å². The van der Waals surface area contributed by atoms with Crippen LogP contribution in [0.2, 0.25) is 0 Å². The summed E-state index contributed by atoms with van der Waals surface area (Å²) in [7, 11) is 0. The molecule has 0 atom stereocenters. The van der Waals surface area contributed by atoms with E-state index < -0.39 is 0 Å². The summed E-state index contributed by atoms with van der Waals surface area (Å²) in [5, 5.41) is 10.0. The molecule has 2 N–H and O–H groups in total. The summed E-state index contributed by atoms with van der Waals surface area (Å²) in [5.41, 5.74) is 3.31. The maximum atomic E-state index is 11.8. The lowest BCUT2D eigenvalue weighted by Gasteiger charge is -2.07. The molecule has 5 heteroatoms. The summed E-state index contributed by atoms with van der Waals surface area (Å²) >= 11 is 0. The van der Waals surface area contributed by atoms with Gasteiger partial charge in [-0.2, -0.15) is 5.10 Å². The van der Waals surface area contributed by atoms with Crippen LogP contribution in [0.5, 0.6) is 0 Å². The average molecular weight is 308 g/mol. The van der Waals surface area contributed by atoms with Crippen LogP contribution in [0.4, 0.5) is 4.79 Å². The van der Waals surface area contributed by atoms with E-state index in [9.17, 15) is 4.79 Å². The Morgan fingerprint density at radius 1 is 1.04 bits per heavy atom. The van der Waals surface area contributed by atoms with Gasteiger partial charge >= 0.3 is 6.03 Å². The molecule has 118 valence electrons. The average Bonchev–Trinajstić information content (AvgIpc) is 3.01. The van der Waals surface area contributed by atoms with E-state index in [2.05, 4.69) is 27.9 Å². The summed E-state index contributed by atoms with van der Waals surface area (Å²) in [5.74, 6) is 0. The van der Waals surface area contributed by atoms with Crippen LogP contribution < -0.4 is 10.6 Å². The molecule has 1 aromatic carbocycles. The molecule has 0 spiro atoms. The second-order valence-electron chi connectivity index (χ2n) is 5.40. The Labute approximate surface area is 135 Å². The lowest BCUT2D eigenvalue weighted by atomic mass is 10.1. The molecule has 0 saturated carbocycles. The fourth-order valence-corrected chi connectivity index (χ4v) is 2.50. The van der Waals surface area contributed by atoms with Gasteiger partial charge in [-0.05, 0) is 30.5 Å². The third-order valence-electron chi connectivity index (χ3n) is 3.72. The van der Waals surface area contributed by atoms with Gasteiger partial charge in [0.1, 0.15) is 0 Å². The number of pyridine rings is 1. The van der Waals surface area contributed by atoms with Gasteiger partial charge in [-0.15, -0.1) is 0 Å². The number of aromatic nitrogens is 2. The molecule has 0 fully saturated rings. The molecular weight excluding hydrogens is 288 g/mol. The van der Waals surface area contributed by atoms with E-state index in [0.717, 1.165) is 23.9 Å². The molecule has 3 rings (SSSR count). The molecular formula is C18H20N4O. The first-order chi connectivity index (χ1) is 11.3. The van der Waals surface area contributed by atoms with E-state index in [1.54, 1.807) is 10.7 Å². The zero-order valence-electron chi connectivity index (χ0n) is 12.9. The van der Waals surface area contributed by atoms with Crippen molar-refractivity contribution in [2.24, 2.45) is 0 Å². The fourth-order valence-electron chi connectivity index (χ4n) is 2.50. The van der Waals surface area contributed by atoms with Crippen LogP contribution in [0, 0.1) is 0 Å². The van der Waals surface area contributed by atoms with Gasteiger partial charge in [-0.25, -0.2) is 9.31 Å². The number of nitrogens with one attached hydrogen (secondary N) is 2. The van der Waals surface area contributed by atoms with Gasteiger partial charge < -0.3 is 10.6 Å². The molecule has 3 aromatic rings. The first-order valence-electron chi connectivity index (χ1n) is 7.80. The van der Waals surface area contributed by atoms with Crippen LogP contribution in [0.3, 0.4) is 0 Å². The van der Waals surface area contributed by atoms with Crippen molar-refractivity contribution in [2.75, 3.05) is 6.54 Å². The van der Waals surface area contributed by atoms with Crippen LogP contribution in [0.15, 0.2) is 60.9 Å². The molecule has 0 saturated heterocycles. The zero-order valence-corrected chi connectivity index (χ0v) is 12.9. The Bertz CT molecular complexity index is 767. The first-order valence-corrected chi connectivity index (χ1v) is 7.80. The van der Waals surface area contributed by atoms with Crippen molar-refractivity contribution in [1.29, 1.82) is 0 Å². The van der Waals surface area contributed by atoms with E-state index in [-0.39, 0.29) is 6.03 Å². The molecule has 0 aliphatic heterocycles. The minimum absolute atomic E-state index is 0.145. The molecule has 0 radical (unpaired) electrons. The van der Waals surface area contributed by atoms with Gasteiger partial charge in [0.2, 0.25) is 0 Å². The van der Waals surface area contributed by atoms with Crippen LogP contribution in [-0.2, 0) is 13.0 Å². The van der Waals surface area contributed by atoms with Crippen LogP contribution >= 0.6 is 0 Å². The molecule has 5 nitrogen and oxygen atoms in total. The molecule has 0 aliphatic carbocycles. The summed E-state index contributed by atoms with van der Waals surface area (Å²) in [4.78, 5) is 11.8. The molecule has 2 heterocycles. The van der Waals surface area contributed by atoms with Gasteiger partial charge in [0, 0.05) is 24.8 Å². The number of hydrogen-bond acceptors (Lipinski definition) is 2. The van der Waals surface area contributed by atoms with E-state index in [1.165, 1.54) is 5.56 Å². The van der Waals surface area contributed by atoms with Gasteiger partial charge in [0.15, 0.2) is 0 Å². The fraction of sp³-hybridized carbons (Fsp3) is 0.222. The Kier molecular flexibility index (Phi) is 4.88. The standard InChI is InChI=1S/C18H20N4O/c23-18(19-11-6-9-15-7-2-1-3-8-15)20-13-16-14-21-22-12-5-4-10-17(16)22/h1-5,7-8,10,12,14H,6,9,11,13H2,(H2,19,20,23). The normalized spacial score (nSPS) is 10.6. The van der Waals surface area contributed by atoms with Gasteiger partial charge in [-0.1, -0.05) is 36.4 Å². The van der Waals surface area contributed by atoms with Crippen molar-refractivity contribution in [3.63, 3.8) is 0 Å². The third kappa shape index (κ3) is 4.10. The highest BCUT2D eigenvalue weighted by Gasteiger charge is 2.05. The largest absolute Gasteiger partial charge is 0.338 e. The smallest absolute Gasteiger partial charge is 0.315 e. The number of benzene rings is 1. The molecule has 0 unspecified atom stereocenters. The quantitative estimate of drug-likeness (QED) is 0.688. The Hall–Kier alpha value is -2.82. The summed E-state index contributed by atoms with van der Waals surface area (Å²) in [6.45, 7) is 1.13. The maximum absolute atomic E-state index is 11.8. The highest BCUT2D eigenvalue weighted by atomic mass is 16.2. The molecule has 2 aromatic heterocycles. The number of rotatable bonds is 6. The van der Waals surface area contributed by atoms with Crippen LogP contribution in [0.25, 0.3) is 5.52 Å². The van der Waals surface area contributed by atoms with E-state index >= 15 is 0 Å².